The average Bonchev–Trinajstić information content (AvgIpc) is 2.66. The van der Waals surface area contributed by atoms with Crippen LogP contribution in [0, 0.1) is 5.92 Å². The van der Waals surface area contributed by atoms with E-state index in [2.05, 4.69) is 5.32 Å². The van der Waals surface area contributed by atoms with Crippen molar-refractivity contribution in [1.82, 2.24) is 5.32 Å². The van der Waals surface area contributed by atoms with Crippen molar-refractivity contribution in [2.24, 2.45) is 17.4 Å². The Morgan fingerprint density at radius 3 is 2.23 bits per heavy atom. The van der Waals surface area contributed by atoms with E-state index in [9.17, 15) is 39.9 Å². The van der Waals surface area contributed by atoms with Crippen LogP contribution in [-0.2, 0) is 23.9 Å². The molecule has 174 valence electrons. The Bertz CT molecular complexity index is 604. The number of hydrogen-bond donors (Lipinski definition) is 8. The second-order valence-electron chi connectivity index (χ2n) is 7.34. The minimum absolute atomic E-state index is 0.105. The molecule has 1 saturated heterocycles. The summed E-state index contributed by atoms with van der Waals surface area (Å²) in [7, 11) is 0. The molecule has 1 aliphatic heterocycles. The highest BCUT2D eigenvalue weighted by molar-refractivity contribution is 6.01. The van der Waals surface area contributed by atoms with E-state index in [1.54, 1.807) is 0 Å². The van der Waals surface area contributed by atoms with Crippen LogP contribution >= 0.6 is 0 Å². The van der Waals surface area contributed by atoms with Gasteiger partial charge in [0.2, 0.25) is 0 Å². The molecule has 0 aromatic rings. The highest BCUT2D eigenvalue weighted by atomic mass is 16.6. The maximum absolute atomic E-state index is 12.0. The molecule has 1 aliphatic rings. The first-order chi connectivity index (χ1) is 13.9. The van der Waals surface area contributed by atoms with Crippen molar-refractivity contribution >= 4 is 17.7 Å². The smallest absolute Gasteiger partial charge is 0.320 e. The quantitative estimate of drug-likeness (QED) is 0.137. The van der Waals surface area contributed by atoms with Gasteiger partial charge in [0.15, 0.2) is 12.1 Å². The SMILES string of the molecule is CC(CN[C@H](CC(C(=O)O)C(=O)[C@H](C)N)C(=O)O)O[C@@H]1[C@@H](N)[C@@H](O)O[C@H](CO)[C@H]1O. The Labute approximate surface area is 172 Å². The molecule has 9 atom stereocenters. The lowest BCUT2D eigenvalue weighted by molar-refractivity contribution is -0.262. The Kier molecular flexibility index (Phi) is 10.2. The number of Topliss-reactive ketones (excluding diaryl/α,β-unsaturated/α-hetero) is 1. The fourth-order valence-electron chi connectivity index (χ4n) is 3.06. The maximum atomic E-state index is 12.0. The summed E-state index contributed by atoms with van der Waals surface area (Å²) in [5.74, 6) is -5.24. The van der Waals surface area contributed by atoms with E-state index < -0.39 is 85.5 Å². The van der Waals surface area contributed by atoms with Gasteiger partial charge in [0.05, 0.1) is 24.8 Å². The second-order valence-corrected chi connectivity index (χ2v) is 7.34. The van der Waals surface area contributed by atoms with E-state index in [-0.39, 0.29) is 6.54 Å². The zero-order chi connectivity index (χ0) is 23.2. The monoisotopic (exact) mass is 437 g/mol. The fourth-order valence-corrected chi connectivity index (χ4v) is 3.06. The number of rotatable bonds is 12. The highest BCUT2D eigenvalue weighted by Gasteiger charge is 2.44. The Balaban J connectivity index is 2.74. The van der Waals surface area contributed by atoms with Crippen molar-refractivity contribution in [3.63, 3.8) is 0 Å². The molecule has 0 saturated carbocycles. The largest absolute Gasteiger partial charge is 0.481 e. The predicted molar refractivity (Wildman–Crippen MR) is 100 cm³/mol. The molecule has 13 nitrogen and oxygen atoms in total. The van der Waals surface area contributed by atoms with Gasteiger partial charge in [-0.15, -0.1) is 0 Å². The lowest BCUT2D eigenvalue weighted by Gasteiger charge is -2.41. The van der Waals surface area contributed by atoms with Crippen molar-refractivity contribution in [2.75, 3.05) is 13.2 Å². The first-order valence-electron chi connectivity index (χ1n) is 9.42. The molecule has 1 heterocycles. The molecule has 0 spiro atoms. The molecule has 10 N–H and O–H groups in total. The summed E-state index contributed by atoms with van der Waals surface area (Å²) in [5.41, 5.74) is 11.2. The number of ether oxygens (including phenoxy) is 2. The van der Waals surface area contributed by atoms with E-state index in [4.69, 9.17) is 20.9 Å². The topological polar surface area (TPSA) is 235 Å². The van der Waals surface area contributed by atoms with Crippen LogP contribution < -0.4 is 16.8 Å². The van der Waals surface area contributed by atoms with Crippen LogP contribution in [0.2, 0.25) is 0 Å². The van der Waals surface area contributed by atoms with Crippen LogP contribution in [0.25, 0.3) is 0 Å². The number of nitrogens with two attached hydrogens (primary N) is 2. The van der Waals surface area contributed by atoms with Gasteiger partial charge in [-0.05, 0) is 20.3 Å². The van der Waals surface area contributed by atoms with E-state index in [0.717, 1.165) is 0 Å². The number of ketones is 1. The molecule has 0 radical (unpaired) electrons. The van der Waals surface area contributed by atoms with E-state index in [1.165, 1.54) is 13.8 Å². The number of carboxylic acid groups (broad SMARTS) is 2. The van der Waals surface area contributed by atoms with Gasteiger partial charge < -0.3 is 51.8 Å². The summed E-state index contributed by atoms with van der Waals surface area (Å²) in [6, 6.07) is -3.57. The normalized spacial score (nSPS) is 30.8. The molecule has 0 aromatic heterocycles. The summed E-state index contributed by atoms with van der Waals surface area (Å²) in [6.07, 6.45) is -6.32. The van der Waals surface area contributed by atoms with Gasteiger partial charge in [0.1, 0.15) is 30.3 Å². The van der Waals surface area contributed by atoms with Gasteiger partial charge in [-0.1, -0.05) is 0 Å². The van der Waals surface area contributed by atoms with Crippen molar-refractivity contribution in [3.8, 4) is 0 Å². The number of carboxylic acids is 2. The molecule has 0 aromatic carbocycles. The number of aliphatic carboxylic acids is 2. The summed E-state index contributed by atoms with van der Waals surface area (Å²) in [4.78, 5) is 34.8. The summed E-state index contributed by atoms with van der Waals surface area (Å²) in [5, 5.41) is 50.4. The lowest BCUT2D eigenvalue weighted by Crippen LogP contribution is -2.63. The third-order valence-electron chi connectivity index (χ3n) is 4.82. The molecule has 0 amide bonds. The minimum atomic E-state index is -1.60. The number of carbonyl (C=O) groups is 3. The van der Waals surface area contributed by atoms with Gasteiger partial charge in [-0.2, -0.15) is 0 Å². The number of carbonyl (C=O) groups excluding carboxylic acids is 1. The Hall–Kier alpha value is -1.71. The third kappa shape index (κ3) is 6.92. The molecular weight excluding hydrogens is 406 g/mol. The first kappa shape index (κ1) is 26.3. The van der Waals surface area contributed by atoms with Crippen LogP contribution in [0.4, 0.5) is 0 Å². The molecule has 13 heteroatoms. The molecule has 1 rings (SSSR count). The van der Waals surface area contributed by atoms with Crippen LogP contribution in [-0.4, -0.2) is 105 Å². The summed E-state index contributed by atoms with van der Waals surface area (Å²) in [6.45, 7) is 2.16. The molecule has 30 heavy (non-hydrogen) atoms. The number of aliphatic hydroxyl groups is 3. The highest BCUT2D eigenvalue weighted by Crippen LogP contribution is 2.22. The van der Waals surface area contributed by atoms with E-state index >= 15 is 0 Å². The average molecular weight is 437 g/mol. The van der Waals surface area contributed by atoms with Gasteiger partial charge in [0.25, 0.3) is 0 Å². The van der Waals surface area contributed by atoms with Gasteiger partial charge >= 0.3 is 11.9 Å². The molecule has 0 bridgehead atoms. The van der Waals surface area contributed by atoms with Crippen molar-refractivity contribution in [2.45, 2.75) is 69.1 Å². The summed E-state index contributed by atoms with van der Waals surface area (Å²) >= 11 is 0. The van der Waals surface area contributed by atoms with E-state index in [1.807, 2.05) is 0 Å². The van der Waals surface area contributed by atoms with Crippen LogP contribution in [0.3, 0.4) is 0 Å². The van der Waals surface area contributed by atoms with Crippen LogP contribution in [0.5, 0.6) is 0 Å². The zero-order valence-electron chi connectivity index (χ0n) is 16.7. The molecule has 0 aliphatic carbocycles. The van der Waals surface area contributed by atoms with Gasteiger partial charge in [0, 0.05) is 6.54 Å². The second kappa shape index (κ2) is 11.6. The lowest BCUT2D eigenvalue weighted by atomic mass is 9.92. The van der Waals surface area contributed by atoms with Crippen molar-refractivity contribution < 1.29 is 49.4 Å². The third-order valence-corrected chi connectivity index (χ3v) is 4.82. The molecule has 2 unspecified atom stereocenters. The molecular formula is C17H31N3O10. The standard InChI is InChI=1S/C17H31N3O10/c1-6(29-14-11(19)17(28)30-10(5-21)13(14)23)4-20-9(16(26)27)3-8(15(24)25)12(22)7(2)18/h6-11,13-14,17,20-21,23,28H,3-5,18-19H2,1-2H3,(H,24,25)(H,26,27)/t6?,7-,8?,9+,10+,11+,13+,14+,17-/m0/s1. The van der Waals surface area contributed by atoms with Gasteiger partial charge in [-0.25, -0.2) is 0 Å². The van der Waals surface area contributed by atoms with Crippen LogP contribution in [0.1, 0.15) is 20.3 Å². The van der Waals surface area contributed by atoms with Crippen molar-refractivity contribution in [1.29, 1.82) is 0 Å². The number of hydrogen-bond acceptors (Lipinski definition) is 11. The predicted octanol–water partition coefficient (Wildman–Crippen LogP) is -3.79. The number of nitrogens with one attached hydrogen (secondary N) is 1. The Morgan fingerprint density at radius 2 is 1.77 bits per heavy atom. The summed E-state index contributed by atoms with van der Waals surface area (Å²) < 4.78 is 10.6. The zero-order valence-corrected chi connectivity index (χ0v) is 16.7. The fraction of sp³-hybridized carbons (Fsp3) is 0.824. The van der Waals surface area contributed by atoms with Crippen molar-refractivity contribution in [3.05, 3.63) is 0 Å². The van der Waals surface area contributed by atoms with Gasteiger partial charge in [-0.3, -0.25) is 14.4 Å². The number of aliphatic hydroxyl groups excluding tert-OH is 3. The minimum Gasteiger partial charge on any atom is -0.481 e. The maximum Gasteiger partial charge on any atom is 0.320 e. The van der Waals surface area contributed by atoms with E-state index in [0.29, 0.717) is 0 Å². The Morgan fingerprint density at radius 1 is 1.17 bits per heavy atom. The van der Waals surface area contributed by atoms with Crippen LogP contribution in [0.15, 0.2) is 0 Å². The first-order valence-corrected chi connectivity index (χ1v) is 9.42. The molecule has 1 fully saturated rings.